The van der Waals surface area contributed by atoms with Crippen LogP contribution in [0.25, 0.3) is 0 Å². The van der Waals surface area contributed by atoms with E-state index in [0.717, 1.165) is 18.1 Å². The Balaban J connectivity index is 2.22. The zero-order valence-corrected chi connectivity index (χ0v) is 8.84. The predicted octanol–water partition coefficient (Wildman–Crippen LogP) is 1.59. The van der Waals surface area contributed by atoms with E-state index in [0.29, 0.717) is 0 Å². The van der Waals surface area contributed by atoms with Crippen LogP contribution < -0.4 is 11.1 Å². The normalized spacial score (nSPS) is 20.8. The molecule has 0 radical (unpaired) electrons. The summed E-state index contributed by atoms with van der Waals surface area (Å²) in [5.74, 6) is 1.99. The van der Waals surface area contributed by atoms with Gasteiger partial charge in [0.2, 0.25) is 0 Å². The highest BCUT2D eigenvalue weighted by atomic mass is 16.3. The van der Waals surface area contributed by atoms with Gasteiger partial charge in [0, 0.05) is 5.41 Å². The van der Waals surface area contributed by atoms with Gasteiger partial charge in [-0.05, 0) is 45.5 Å². The number of nitrogens with two attached hydrogens (primary N) is 1. The summed E-state index contributed by atoms with van der Waals surface area (Å²) in [5.41, 5.74) is 6.06. The van der Waals surface area contributed by atoms with E-state index in [4.69, 9.17) is 10.2 Å². The van der Waals surface area contributed by atoms with Crippen molar-refractivity contribution in [3.05, 3.63) is 23.7 Å². The zero-order chi connectivity index (χ0) is 10.2. The summed E-state index contributed by atoms with van der Waals surface area (Å²) in [6.45, 7) is 2.70. The van der Waals surface area contributed by atoms with Crippen LogP contribution in [-0.2, 0) is 0 Å². The molecular weight excluding hydrogens is 176 g/mol. The molecule has 1 unspecified atom stereocenters. The Bertz CT molecular complexity index is 315. The molecule has 0 aliphatic heterocycles. The third-order valence-electron chi connectivity index (χ3n) is 3.25. The maximum atomic E-state index is 5.81. The van der Waals surface area contributed by atoms with Crippen molar-refractivity contribution < 1.29 is 4.42 Å². The van der Waals surface area contributed by atoms with Crippen molar-refractivity contribution >= 4 is 0 Å². The average molecular weight is 194 g/mol. The van der Waals surface area contributed by atoms with Crippen LogP contribution in [0.2, 0.25) is 0 Å². The largest absolute Gasteiger partial charge is 0.465 e. The molecule has 0 bridgehead atoms. The van der Waals surface area contributed by atoms with Gasteiger partial charge in [-0.15, -0.1) is 0 Å². The fraction of sp³-hybridized carbons (Fsp3) is 0.636. The van der Waals surface area contributed by atoms with Crippen LogP contribution in [0.1, 0.15) is 30.4 Å². The smallest absolute Gasteiger partial charge is 0.121 e. The minimum atomic E-state index is 0.249. The standard InChI is InChI=1S/C11H18N2O/c1-8-3-4-9(14-8)10(13-2)11(7-12)5-6-11/h3-4,10,13H,5-7,12H2,1-2H3. The van der Waals surface area contributed by atoms with E-state index >= 15 is 0 Å². The lowest BCUT2D eigenvalue weighted by Crippen LogP contribution is -2.31. The first-order valence-electron chi connectivity index (χ1n) is 5.15. The van der Waals surface area contributed by atoms with Gasteiger partial charge in [-0.25, -0.2) is 0 Å². The molecule has 0 spiro atoms. The summed E-state index contributed by atoms with van der Waals surface area (Å²) >= 11 is 0. The van der Waals surface area contributed by atoms with E-state index in [9.17, 15) is 0 Å². The third kappa shape index (κ3) is 1.47. The Hall–Kier alpha value is -0.800. The van der Waals surface area contributed by atoms with Gasteiger partial charge < -0.3 is 15.5 Å². The second kappa shape index (κ2) is 3.41. The van der Waals surface area contributed by atoms with Crippen LogP contribution in [0.3, 0.4) is 0 Å². The highest BCUT2D eigenvalue weighted by molar-refractivity contribution is 5.17. The molecule has 1 aromatic heterocycles. The van der Waals surface area contributed by atoms with Crippen molar-refractivity contribution in [2.45, 2.75) is 25.8 Å². The first-order valence-corrected chi connectivity index (χ1v) is 5.15. The second-order valence-electron chi connectivity index (χ2n) is 4.24. The number of hydrogen-bond donors (Lipinski definition) is 2. The number of furan rings is 1. The molecule has 1 fully saturated rings. The molecule has 3 heteroatoms. The van der Waals surface area contributed by atoms with Crippen molar-refractivity contribution in [1.82, 2.24) is 5.32 Å². The van der Waals surface area contributed by atoms with Gasteiger partial charge in [-0.2, -0.15) is 0 Å². The van der Waals surface area contributed by atoms with Gasteiger partial charge in [-0.3, -0.25) is 0 Å². The molecule has 0 amide bonds. The molecule has 1 aliphatic carbocycles. The molecule has 78 valence electrons. The fourth-order valence-electron chi connectivity index (χ4n) is 2.13. The van der Waals surface area contributed by atoms with Crippen LogP contribution in [0, 0.1) is 12.3 Å². The first-order chi connectivity index (χ1) is 6.72. The predicted molar refractivity (Wildman–Crippen MR) is 56.0 cm³/mol. The molecule has 3 N–H and O–H groups in total. The quantitative estimate of drug-likeness (QED) is 0.765. The molecule has 1 aliphatic rings. The summed E-state index contributed by atoms with van der Waals surface area (Å²) in [7, 11) is 1.97. The SMILES string of the molecule is CNC(c1ccc(C)o1)C1(CN)CC1. The van der Waals surface area contributed by atoms with Gasteiger partial charge in [-0.1, -0.05) is 0 Å². The molecule has 1 aromatic rings. The summed E-state index contributed by atoms with van der Waals surface area (Å²) in [6.07, 6.45) is 2.41. The van der Waals surface area contributed by atoms with E-state index < -0.39 is 0 Å². The van der Waals surface area contributed by atoms with E-state index in [1.165, 1.54) is 12.8 Å². The summed E-state index contributed by atoms with van der Waals surface area (Å²) in [6, 6.07) is 4.33. The fourth-order valence-corrected chi connectivity index (χ4v) is 2.13. The molecule has 3 nitrogen and oxygen atoms in total. The summed E-state index contributed by atoms with van der Waals surface area (Å²) < 4.78 is 5.65. The number of hydrogen-bond acceptors (Lipinski definition) is 3. The lowest BCUT2D eigenvalue weighted by atomic mass is 9.94. The van der Waals surface area contributed by atoms with Crippen molar-refractivity contribution in [2.75, 3.05) is 13.6 Å². The highest BCUT2D eigenvalue weighted by Gasteiger charge is 2.49. The monoisotopic (exact) mass is 194 g/mol. The maximum Gasteiger partial charge on any atom is 0.121 e. The van der Waals surface area contributed by atoms with Crippen molar-refractivity contribution in [3.8, 4) is 0 Å². The van der Waals surface area contributed by atoms with Gasteiger partial charge >= 0.3 is 0 Å². The molecule has 1 heterocycles. The van der Waals surface area contributed by atoms with Gasteiger partial charge in [0.05, 0.1) is 6.04 Å². The van der Waals surface area contributed by atoms with E-state index in [1.54, 1.807) is 0 Å². The van der Waals surface area contributed by atoms with Crippen LogP contribution in [-0.4, -0.2) is 13.6 Å². The van der Waals surface area contributed by atoms with Crippen LogP contribution in [0.15, 0.2) is 16.5 Å². The minimum absolute atomic E-state index is 0.249. The zero-order valence-electron chi connectivity index (χ0n) is 8.84. The highest BCUT2D eigenvalue weighted by Crippen LogP contribution is 2.54. The van der Waals surface area contributed by atoms with E-state index in [1.807, 2.05) is 26.1 Å². The molecular formula is C11H18N2O. The lowest BCUT2D eigenvalue weighted by Gasteiger charge is -2.23. The van der Waals surface area contributed by atoms with Gasteiger partial charge in [0.15, 0.2) is 0 Å². The number of aryl methyl sites for hydroxylation is 1. The lowest BCUT2D eigenvalue weighted by molar-refractivity contribution is 0.306. The average Bonchev–Trinajstić information content (AvgIpc) is 2.86. The first kappa shape index (κ1) is 9.74. The molecule has 0 saturated heterocycles. The molecule has 1 atom stereocenters. The van der Waals surface area contributed by atoms with Crippen LogP contribution in [0.4, 0.5) is 0 Å². The summed E-state index contributed by atoms with van der Waals surface area (Å²) in [5, 5.41) is 3.31. The van der Waals surface area contributed by atoms with E-state index in [2.05, 4.69) is 5.32 Å². The van der Waals surface area contributed by atoms with Gasteiger partial charge in [0.1, 0.15) is 11.5 Å². The molecule has 2 rings (SSSR count). The molecule has 0 aromatic carbocycles. The maximum absolute atomic E-state index is 5.81. The number of nitrogens with one attached hydrogen (secondary N) is 1. The second-order valence-corrected chi connectivity index (χ2v) is 4.24. The third-order valence-corrected chi connectivity index (χ3v) is 3.25. The topological polar surface area (TPSA) is 51.2 Å². The Morgan fingerprint density at radius 1 is 1.57 bits per heavy atom. The van der Waals surface area contributed by atoms with Crippen molar-refractivity contribution in [2.24, 2.45) is 11.1 Å². The van der Waals surface area contributed by atoms with E-state index in [-0.39, 0.29) is 11.5 Å². The molecule has 1 saturated carbocycles. The Morgan fingerprint density at radius 3 is 2.64 bits per heavy atom. The van der Waals surface area contributed by atoms with Crippen molar-refractivity contribution in [3.63, 3.8) is 0 Å². The summed E-state index contributed by atoms with van der Waals surface area (Å²) in [4.78, 5) is 0. The van der Waals surface area contributed by atoms with Crippen LogP contribution >= 0.6 is 0 Å². The van der Waals surface area contributed by atoms with Crippen LogP contribution in [0.5, 0.6) is 0 Å². The Labute approximate surface area is 84.7 Å². The Morgan fingerprint density at radius 2 is 2.29 bits per heavy atom. The minimum Gasteiger partial charge on any atom is -0.465 e. The van der Waals surface area contributed by atoms with Crippen molar-refractivity contribution in [1.29, 1.82) is 0 Å². The van der Waals surface area contributed by atoms with Gasteiger partial charge in [0.25, 0.3) is 0 Å². The number of rotatable bonds is 4. The molecule has 14 heavy (non-hydrogen) atoms. The Kier molecular flexibility index (Phi) is 2.37.